The molecule has 136 valence electrons. The number of anilines is 1. The lowest BCUT2D eigenvalue weighted by atomic mass is 9.98. The largest absolute Gasteiger partial charge is 0.370 e. The molecule has 0 aliphatic carbocycles. The average Bonchev–Trinajstić information content (AvgIpc) is 3.01. The van der Waals surface area contributed by atoms with Gasteiger partial charge < -0.3 is 10.2 Å². The summed E-state index contributed by atoms with van der Waals surface area (Å²) in [4.78, 5) is 7.15. The third kappa shape index (κ3) is 3.59. The zero-order chi connectivity index (χ0) is 18.1. The highest BCUT2D eigenvalue weighted by molar-refractivity contribution is 9.10. The molecule has 0 amide bonds. The molecule has 4 rings (SSSR count). The average molecular weight is 435 g/mol. The predicted molar refractivity (Wildman–Crippen MR) is 110 cm³/mol. The van der Waals surface area contributed by atoms with Crippen molar-refractivity contribution in [3.8, 4) is 11.3 Å². The summed E-state index contributed by atoms with van der Waals surface area (Å²) in [6.07, 6.45) is 4.29. The second kappa shape index (κ2) is 7.55. The first-order valence-electron chi connectivity index (χ1n) is 8.83. The number of aromatic nitrogens is 3. The van der Waals surface area contributed by atoms with Crippen LogP contribution in [0.15, 0.2) is 41.0 Å². The summed E-state index contributed by atoms with van der Waals surface area (Å²) in [6, 6.07) is 9.81. The Kier molecular flexibility index (Phi) is 5.16. The van der Waals surface area contributed by atoms with E-state index in [9.17, 15) is 0 Å². The maximum atomic E-state index is 6.39. The molecule has 1 atom stereocenters. The van der Waals surface area contributed by atoms with Crippen molar-refractivity contribution in [2.24, 2.45) is 5.92 Å². The quantitative estimate of drug-likeness (QED) is 0.653. The van der Waals surface area contributed by atoms with Gasteiger partial charge >= 0.3 is 0 Å². The molecule has 1 unspecified atom stereocenters. The topological polar surface area (TPSA) is 45.5 Å². The van der Waals surface area contributed by atoms with Gasteiger partial charge in [-0.05, 0) is 54.3 Å². The minimum atomic E-state index is 0.639. The van der Waals surface area contributed by atoms with Gasteiger partial charge in [-0.25, -0.2) is 4.98 Å². The second-order valence-electron chi connectivity index (χ2n) is 6.89. The highest BCUT2D eigenvalue weighted by atomic mass is 79.9. The van der Waals surface area contributed by atoms with Gasteiger partial charge in [0.1, 0.15) is 5.82 Å². The van der Waals surface area contributed by atoms with E-state index in [0.717, 1.165) is 40.3 Å². The van der Waals surface area contributed by atoms with Crippen molar-refractivity contribution in [2.45, 2.75) is 12.8 Å². The van der Waals surface area contributed by atoms with Crippen molar-refractivity contribution >= 4 is 39.0 Å². The highest BCUT2D eigenvalue weighted by Crippen LogP contribution is 2.30. The molecule has 2 aromatic heterocycles. The predicted octanol–water partition coefficient (Wildman–Crippen LogP) is 4.57. The monoisotopic (exact) mass is 433 g/mol. The lowest BCUT2D eigenvalue weighted by Gasteiger charge is -2.30. The van der Waals surface area contributed by atoms with E-state index in [1.165, 1.54) is 19.4 Å². The van der Waals surface area contributed by atoms with Crippen molar-refractivity contribution < 1.29 is 0 Å². The first kappa shape index (κ1) is 17.8. The first-order chi connectivity index (χ1) is 12.6. The number of nitrogens with zero attached hydrogens (tertiary/aromatic N) is 4. The van der Waals surface area contributed by atoms with Crippen molar-refractivity contribution in [3.63, 3.8) is 0 Å². The molecule has 1 N–H and O–H groups in total. The maximum Gasteiger partial charge on any atom is 0.172 e. The zero-order valence-electron chi connectivity index (χ0n) is 14.6. The standard InChI is InChI=1S/C19H21BrClN5/c1-25-8-4-5-13(12-25)10-22-18-9-17(14-6-2-3-7-16(14)21)24-19-15(20)11-23-26(18)19/h2-3,6-7,9,11,13,22H,4-5,8,10,12H2,1H3. The molecule has 1 aliphatic heterocycles. The Bertz CT molecular complexity index is 925. The van der Waals surface area contributed by atoms with Crippen LogP contribution in [0.25, 0.3) is 16.9 Å². The molecule has 1 aliphatic rings. The molecule has 5 nitrogen and oxygen atoms in total. The molecule has 0 bridgehead atoms. The highest BCUT2D eigenvalue weighted by Gasteiger charge is 2.18. The number of hydrogen-bond acceptors (Lipinski definition) is 4. The Hall–Kier alpha value is -1.63. The van der Waals surface area contributed by atoms with Gasteiger partial charge in [0.25, 0.3) is 0 Å². The molecule has 3 heterocycles. The number of nitrogens with one attached hydrogen (secondary N) is 1. The number of halogens is 2. The Morgan fingerprint density at radius 3 is 3.00 bits per heavy atom. The first-order valence-corrected chi connectivity index (χ1v) is 10.0. The third-order valence-electron chi connectivity index (χ3n) is 4.87. The molecule has 1 aromatic carbocycles. The van der Waals surface area contributed by atoms with Crippen LogP contribution in [0.4, 0.5) is 5.82 Å². The van der Waals surface area contributed by atoms with Gasteiger partial charge in [-0.3, -0.25) is 0 Å². The molecule has 7 heteroatoms. The van der Waals surface area contributed by atoms with Crippen LogP contribution < -0.4 is 5.32 Å². The number of hydrogen-bond donors (Lipinski definition) is 1. The fraction of sp³-hybridized carbons (Fsp3) is 0.368. The summed E-state index contributed by atoms with van der Waals surface area (Å²) in [5, 5.41) is 8.74. The number of fused-ring (bicyclic) bond motifs is 1. The van der Waals surface area contributed by atoms with Crippen LogP contribution in [0.5, 0.6) is 0 Å². The van der Waals surface area contributed by atoms with E-state index in [1.54, 1.807) is 6.20 Å². The van der Waals surface area contributed by atoms with E-state index in [0.29, 0.717) is 10.9 Å². The minimum absolute atomic E-state index is 0.639. The van der Waals surface area contributed by atoms with Crippen molar-refractivity contribution in [2.75, 3.05) is 32.0 Å². The third-order valence-corrected chi connectivity index (χ3v) is 5.76. The van der Waals surface area contributed by atoms with Gasteiger partial charge in [0.05, 0.1) is 16.4 Å². The van der Waals surface area contributed by atoms with E-state index >= 15 is 0 Å². The summed E-state index contributed by atoms with van der Waals surface area (Å²) < 4.78 is 2.71. The van der Waals surface area contributed by atoms with E-state index in [-0.39, 0.29) is 0 Å². The number of piperidine rings is 1. The van der Waals surface area contributed by atoms with Crippen LogP contribution in [0.1, 0.15) is 12.8 Å². The van der Waals surface area contributed by atoms with Crippen LogP contribution in [-0.2, 0) is 0 Å². The van der Waals surface area contributed by atoms with E-state index in [4.69, 9.17) is 16.6 Å². The Morgan fingerprint density at radius 1 is 1.35 bits per heavy atom. The fourth-order valence-electron chi connectivity index (χ4n) is 3.56. The molecule has 3 aromatic rings. The Labute approximate surface area is 166 Å². The maximum absolute atomic E-state index is 6.39. The summed E-state index contributed by atoms with van der Waals surface area (Å²) in [5.74, 6) is 1.57. The lowest BCUT2D eigenvalue weighted by Crippen LogP contribution is -2.35. The lowest BCUT2D eigenvalue weighted by molar-refractivity contribution is 0.217. The Balaban J connectivity index is 1.68. The SMILES string of the molecule is CN1CCCC(CNc2cc(-c3ccccc3Cl)nc3c(Br)cnn23)C1. The summed E-state index contributed by atoms with van der Waals surface area (Å²) in [5.41, 5.74) is 2.54. The molecule has 26 heavy (non-hydrogen) atoms. The molecule has 1 saturated heterocycles. The smallest absolute Gasteiger partial charge is 0.172 e. The van der Waals surface area contributed by atoms with Crippen LogP contribution in [0.2, 0.25) is 5.02 Å². The minimum Gasteiger partial charge on any atom is -0.370 e. The summed E-state index contributed by atoms with van der Waals surface area (Å²) in [6.45, 7) is 3.24. The Morgan fingerprint density at radius 2 is 2.19 bits per heavy atom. The van der Waals surface area contributed by atoms with E-state index in [1.807, 2.05) is 34.8 Å². The van der Waals surface area contributed by atoms with Crippen molar-refractivity contribution in [1.29, 1.82) is 0 Å². The normalized spacial score (nSPS) is 18.3. The van der Waals surface area contributed by atoms with Crippen molar-refractivity contribution in [3.05, 3.63) is 46.0 Å². The number of likely N-dealkylation sites (tertiary alicyclic amines) is 1. The molecule has 0 spiro atoms. The molecule has 1 fully saturated rings. The molecular formula is C19H21BrClN5. The van der Waals surface area contributed by atoms with Crippen LogP contribution in [-0.4, -0.2) is 46.2 Å². The molecule has 0 radical (unpaired) electrons. The molecule has 0 saturated carbocycles. The second-order valence-corrected chi connectivity index (χ2v) is 8.15. The zero-order valence-corrected chi connectivity index (χ0v) is 17.0. The van der Waals surface area contributed by atoms with E-state index in [2.05, 4.69) is 38.3 Å². The van der Waals surface area contributed by atoms with Gasteiger partial charge in [0, 0.05) is 29.7 Å². The van der Waals surface area contributed by atoms with Gasteiger partial charge in [0.15, 0.2) is 5.65 Å². The molecular weight excluding hydrogens is 414 g/mol. The fourth-order valence-corrected chi connectivity index (χ4v) is 4.14. The van der Waals surface area contributed by atoms with E-state index < -0.39 is 0 Å². The van der Waals surface area contributed by atoms with Crippen LogP contribution in [0.3, 0.4) is 0 Å². The van der Waals surface area contributed by atoms with Gasteiger partial charge in [-0.2, -0.15) is 9.61 Å². The summed E-state index contributed by atoms with van der Waals surface area (Å²) >= 11 is 9.94. The van der Waals surface area contributed by atoms with Gasteiger partial charge in [-0.15, -0.1) is 0 Å². The number of rotatable bonds is 4. The number of benzene rings is 1. The van der Waals surface area contributed by atoms with Gasteiger partial charge in [0.2, 0.25) is 0 Å². The van der Waals surface area contributed by atoms with Gasteiger partial charge in [-0.1, -0.05) is 29.8 Å². The van der Waals surface area contributed by atoms with Crippen molar-refractivity contribution in [1.82, 2.24) is 19.5 Å². The van der Waals surface area contributed by atoms with Crippen LogP contribution in [0, 0.1) is 5.92 Å². The van der Waals surface area contributed by atoms with Crippen LogP contribution >= 0.6 is 27.5 Å². The summed E-state index contributed by atoms with van der Waals surface area (Å²) in [7, 11) is 2.19.